The van der Waals surface area contributed by atoms with Crippen molar-refractivity contribution in [2.24, 2.45) is 10.9 Å². The SMILES string of the molecule is CC(NS(=O)(=O)c1ncccc1F)/C(N)=N/O. The molecule has 0 aliphatic heterocycles. The Bertz CT molecular complexity index is 531. The van der Waals surface area contributed by atoms with Gasteiger partial charge in [0.2, 0.25) is 5.03 Å². The van der Waals surface area contributed by atoms with Gasteiger partial charge < -0.3 is 10.9 Å². The molecule has 0 aliphatic carbocycles. The molecule has 0 amide bonds. The van der Waals surface area contributed by atoms with E-state index in [2.05, 4.69) is 10.1 Å². The van der Waals surface area contributed by atoms with E-state index in [0.29, 0.717) is 0 Å². The first-order valence-corrected chi connectivity index (χ1v) is 5.97. The summed E-state index contributed by atoms with van der Waals surface area (Å²) in [5.74, 6) is -1.32. The molecule has 0 aromatic carbocycles. The quantitative estimate of drug-likeness (QED) is 0.296. The van der Waals surface area contributed by atoms with Crippen LogP contribution in [0.1, 0.15) is 6.92 Å². The van der Waals surface area contributed by atoms with Crippen molar-refractivity contribution < 1.29 is 18.0 Å². The van der Waals surface area contributed by atoms with Gasteiger partial charge in [-0.2, -0.15) is 4.72 Å². The van der Waals surface area contributed by atoms with E-state index in [0.717, 1.165) is 12.3 Å². The van der Waals surface area contributed by atoms with Crippen molar-refractivity contribution in [1.82, 2.24) is 9.71 Å². The second-order valence-corrected chi connectivity index (χ2v) is 4.79. The number of halogens is 1. The van der Waals surface area contributed by atoms with Crippen LogP contribution in [0, 0.1) is 5.82 Å². The standard InChI is InChI=1S/C8H11FN4O3S/c1-5(7(10)12-14)13-17(15,16)8-6(9)3-2-4-11-8/h2-5,13-14H,1H3,(H2,10,12). The molecule has 1 unspecified atom stereocenters. The molecule has 0 saturated carbocycles. The van der Waals surface area contributed by atoms with Crippen molar-refractivity contribution in [3.05, 3.63) is 24.1 Å². The number of nitrogens with zero attached hydrogens (tertiary/aromatic N) is 2. The Morgan fingerprint density at radius 1 is 1.71 bits per heavy atom. The molecule has 1 heterocycles. The number of nitrogens with two attached hydrogens (primary N) is 1. The van der Waals surface area contributed by atoms with Gasteiger partial charge >= 0.3 is 0 Å². The summed E-state index contributed by atoms with van der Waals surface area (Å²) in [5.41, 5.74) is 5.20. The summed E-state index contributed by atoms with van der Waals surface area (Å²) >= 11 is 0. The third-order valence-electron chi connectivity index (χ3n) is 1.87. The van der Waals surface area contributed by atoms with Crippen LogP contribution in [0.25, 0.3) is 0 Å². The second kappa shape index (κ2) is 5.06. The van der Waals surface area contributed by atoms with Gasteiger partial charge in [0, 0.05) is 6.20 Å². The van der Waals surface area contributed by atoms with Crippen molar-refractivity contribution in [1.29, 1.82) is 0 Å². The molecule has 0 aliphatic rings. The number of rotatable bonds is 4. The monoisotopic (exact) mass is 262 g/mol. The van der Waals surface area contributed by atoms with Crippen LogP contribution in [0.2, 0.25) is 0 Å². The minimum atomic E-state index is -4.15. The number of nitrogens with one attached hydrogen (secondary N) is 1. The van der Waals surface area contributed by atoms with Gasteiger partial charge in [-0.15, -0.1) is 0 Å². The zero-order chi connectivity index (χ0) is 13.1. The first-order valence-electron chi connectivity index (χ1n) is 4.48. The number of hydrogen-bond acceptors (Lipinski definition) is 5. The molecule has 1 aromatic rings. The number of oxime groups is 1. The van der Waals surface area contributed by atoms with Crippen LogP contribution in [0.3, 0.4) is 0 Å². The smallest absolute Gasteiger partial charge is 0.261 e. The lowest BCUT2D eigenvalue weighted by Gasteiger charge is -2.12. The third kappa shape index (κ3) is 3.11. The topological polar surface area (TPSA) is 118 Å². The summed E-state index contributed by atoms with van der Waals surface area (Å²) in [6, 6.07) is 1.25. The number of amidine groups is 1. The number of sulfonamides is 1. The molecule has 94 valence electrons. The second-order valence-electron chi connectivity index (χ2n) is 3.16. The number of hydrogen-bond donors (Lipinski definition) is 3. The van der Waals surface area contributed by atoms with Crippen LogP contribution in [0.15, 0.2) is 28.5 Å². The molecule has 0 radical (unpaired) electrons. The van der Waals surface area contributed by atoms with Crippen LogP contribution in [0.5, 0.6) is 0 Å². The van der Waals surface area contributed by atoms with Crippen molar-refractivity contribution in [3.63, 3.8) is 0 Å². The van der Waals surface area contributed by atoms with E-state index in [1.807, 2.05) is 4.72 Å². The van der Waals surface area contributed by atoms with E-state index in [1.165, 1.54) is 13.0 Å². The molecule has 1 rings (SSSR count). The first kappa shape index (κ1) is 13.3. The Morgan fingerprint density at radius 3 is 2.88 bits per heavy atom. The fourth-order valence-corrected chi connectivity index (χ4v) is 2.23. The Morgan fingerprint density at radius 2 is 2.35 bits per heavy atom. The molecule has 1 atom stereocenters. The summed E-state index contributed by atoms with van der Waals surface area (Å²) < 4.78 is 38.6. The molecular formula is C8H11FN4O3S. The largest absolute Gasteiger partial charge is 0.409 e. The molecule has 1 aromatic heterocycles. The van der Waals surface area contributed by atoms with Crippen molar-refractivity contribution >= 4 is 15.9 Å². The highest BCUT2D eigenvalue weighted by molar-refractivity contribution is 7.89. The lowest BCUT2D eigenvalue weighted by atomic mass is 10.3. The number of pyridine rings is 1. The van der Waals surface area contributed by atoms with Crippen LogP contribution in [-0.2, 0) is 10.0 Å². The van der Waals surface area contributed by atoms with Gasteiger partial charge in [0.05, 0.1) is 6.04 Å². The van der Waals surface area contributed by atoms with E-state index >= 15 is 0 Å². The summed E-state index contributed by atoms with van der Waals surface area (Å²) in [5, 5.41) is 10.3. The van der Waals surface area contributed by atoms with Gasteiger partial charge in [-0.25, -0.2) is 17.8 Å². The van der Waals surface area contributed by atoms with E-state index in [9.17, 15) is 12.8 Å². The summed E-state index contributed by atoms with van der Waals surface area (Å²) in [6.07, 6.45) is 1.14. The molecule has 9 heteroatoms. The van der Waals surface area contributed by atoms with Crippen molar-refractivity contribution in [2.45, 2.75) is 18.0 Å². The summed E-state index contributed by atoms with van der Waals surface area (Å²) in [4.78, 5) is 3.42. The van der Waals surface area contributed by atoms with Crippen LogP contribution < -0.4 is 10.5 Å². The fourth-order valence-electron chi connectivity index (χ4n) is 1.00. The molecule has 17 heavy (non-hydrogen) atoms. The maximum atomic E-state index is 13.2. The minimum absolute atomic E-state index is 0.343. The highest BCUT2D eigenvalue weighted by atomic mass is 32.2. The van der Waals surface area contributed by atoms with E-state index < -0.39 is 26.9 Å². The lowest BCUT2D eigenvalue weighted by Crippen LogP contribution is -2.42. The van der Waals surface area contributed by atoms with E-state index in [4.69, 9.17) is 10.9 Å². The van der Waals surface area contributed by atoms with Crippen molar-refractivity contribution in [2.75, 3.05) is 0 Å². The predicted molar refractivity (Wildman–Crippen MR) is 57.4 cm³/mol. The number of aromatic nitrogens is 1. The average Bonchev–Trinajstić information content (AvgIpc) is 2.27. The molecule has 4 N–H and O–H groups in total. The Hall–Kier alpha value is -1.74. The van der Waals surface area contributed by atoms with Gasteiger partial charge in [0.1, 0.15) is 0 Å². The van der Waals surface area contributed by atoms with Crippen LogP contribution >= 0.6 is 0 Å². The van der Waals surface area contributed by atoms with Gasteiger partial charge in [-0.3, -0.25) is 0 Å². The normalized spacial score (nSPS) is 14.6. The zero-order valence-electron chi connectivity index (χ0n) is 8.83. The molecule has 7 nitrogen and oxygen atoms in total. The zero-order valence-corrected chi connectivity index (χ0v) is 9.65. The molecule has 0 spiro atoms. The minimum Gasteiger partial charge on any atom is -0.409 e. The third-order valence-corrected chi connectivity index (χ3v) is 3.34. The average molecular weight is 262 g/mol. The molecule has 0 saturated heterocycles. The fraction of sp³-hybridized carbons (Fsp3) is 0.250. The summed E-state index contributed by atoms with van der Waals surface area (Å²) in [6.45, 7) is 1.34. The van der Waals surface area contributed by atoms with Crippen LogP contribution in [-0.4, -0.2) is 30.5 Å². The Balaban J connectivity index is 3.02. The maximum absolute atomic E-state index is 13.2. The predicted octanol–water partition coefficient (Wildman–Crippen LogP) is -0.366. The molecule has 0 fully saturated rings. The molecule has 0 bridgehead atoms. The van der Waals surface area contributed by atoms with Crippen molar-refractivity contribution in [3.8, 4) is 0 Å². The van der Waals surface area contributed by atoms with Gasteiger partial charge in [-0.1, -0.05) is 5.16 Å². The van der Waals surface area contributed by atoms with Gasteiger partial charge in [-0.05, 0) is 19.1 Å². The Kier molecular flexibility index (Phi) is 3.97. The van der Waals surface area contributed by atoms with Gasteiger partial charge in [0.15, 0.2) is 11.7 Å². The van der Waals surface area contributed by atoms with Crippen LogP contribution in [0.4, 0.5) is 4.39 Å². The highest BCUT2D eigenvalue weighted by Crippen LogP contribution is 2.10. The van der Waals surface area contributed by atoms with E-state index in [-0.39, 0.29) is 5.84 Å². The first-order chi connectivity index (χ1) is 7.88. The lowest BCUT2D eigenvalue weighted by molar-refractivity contribution is 0.316. The highest BCUT2D eigenvalue weighted by Gasteiger charge is 2.24. The maximum Gasteiger partial charge on any atom is 0.261 e. The van der Waals surface area contributed by atoms with Gasteiger partial charge in [0.25, 0.3) is 10.0 Å². The molecular weight excluding hydrogens is 251 g/mol. The summed E-state index contributed by atoms with van der Waals surface area (Å²) in [7, 11) is -4.15. The Labute approximate surface area is 97.2 Å². The van der Waals surface area contributed by atoms with E-state index in [1.54, 1.807) is 0 Å².